The van der Waals surface area contributed by atoms with E-state index in [2.05, 4.69) is 38.2 Å². The van der Waals surface area contributed by atoms with Crippen molar-refractivity contribution in [3.05, 3.63) is 81.7 Å². The molecule has 3 aromatic rings. The van der Waals surface area contributed by atoms with Crippen LogP contribution < -0.4 is 10.1 Å². The minimum absolute atomic E-state index is 0.138. The first-order valence-corrected chi connectivity index (χ1v) is 12.4. The third-order valence-electron chi connectivity index (χ3n) is 6.60. The Morgan fingerprint density at radius 3 is 2.41 bits per heavy atom. The zero-order valence-electron chi connectivity index (χ0n) is 20.1. The number of amides is 1. The van der Waals surface area contributed by atoms with Crippen molar-refractivity contribution < 1.29 is 19.1 Å². The number of anilines is 1. The molecule has 0 saturated carbocycles. The molecular weight excluding hydrogens is 446 g/mol. The zero-order valence-corrected chi connectivity index (χ0v) is 21.0. The van der Waals surface area contributed by atoms with Crippen molar-refractivity contribution in [2.45, 2.75) is 45.4 Å². The topological polar surface area (TPSA) is 64.6 Å². The summed E-state index contributed by atoms with van der Waals surface area (Å²) in [7, 11) is 1.37. The van der Waals surface area contributed by atoms with Crippen LogP contribution in [-0.4, -0.2) is 25.6 Å². The van der Waals surface area contributed by atoms with E-state index in [0.717, 1.165) is 35.3 Å². The number of carbonyl (C=O) groups excluding carboxylic acids is 2. The third-order valence-corrected chi connectivity index (χ3v) is 7.77. The second-order valence-electron chi connectivity index (χ2n) is 9.40. The van der Waals surface area contributed by atoms with Gasteiger partial charge in [0.1, 0.15) is 10.8 Å². The number of hydrogen-bond acceptors (Lipinski definition) is 5. The van der Waals surface area contributed by atoms with Crippen LogP contribution in [-0.2, 0) is 27.8 Å². The van der Waals surface area contributed by atoms with E-state index >= 15 is 0 Å². The highest BCUT2D eigenvalue weighted by Crippen LogP contribution is 2.40. The van der Waals surface area contributed by atoms with Gasteiger partial charge < -0.3 is 14.8 Å². The largest absolute Gasteiger partial charge is 0.484 e. The summed E-state index contributed by atoms with van der Waals surface area (Å²) in [5, 5.41) is 3.43. The predicted molar refractivity (Wildman–Crippen MR) is 136 cm³/mol. The first-order valence-electron chi connectivity index (χ1n) is 11.6. The van der Waals surface area contributed by atoms with Gasteiger partial charge in [0.05, 0.1) is 12.7 Å². The van der Waals surface area contributed by atoms with Crippen LogP contribution in [0.2, 0.25) is 0 Å². The van der Waals surface area contributed by atoms with Crippen LogP contribution >= 0.6 is 11.3 Å². The van der Waals surface area contributed by atoms with Gasteiger partial charge in [-0.25, -0.2) is 4.79 Å². The number of hydrogen-bond donors (Lipinski definition) is 1. The van der Waals surface area contributed by atoms with Crippen LogP contribution in [0.25, 0.3) is 0 Å². The minimum Gasteiger partial charge on any atom is -0.484 e. The van der Waals surface area contributed by atoms with Gasteiger partial charge in [0, 0.05) is 10.3 Å². The standard InChI is InChI=1S/C28H31NO4S/c1-18-10-15-22-23(16-18)34-26(25(22)27(31)32-4)29-24(30)17-33-21-13-11-20(12-14-21)28(2,3)19-8-6-5-7-9-19/h5-9,11-14,18H,10,15-17H2,1-4H3,(H,29,30). The van der Waals surface area contributed by atoms with Crippen molar-refractivity contribution in [3.63, 3.8) is 0 Å². The lowest BCUT2D eigenvalue weighted by Crippen LogP contribution is -2.21. The highest BCUT2D eigenvalue weighted by Gasteiger charge is 2.29. The molecule has 1 N–H and O–H groups in total. The minimum atomic E-state index is -0.403. The van der Waals surface area contributed by atoms with Crippen LogP contribution in [0, 0.1) is 5.92 Å². The second kappa shape index (κ2) is 10.0. The van der Waals surface area contributed by atoms with E-state index in [-0.39, 0.29) is 17.9 Å². The van der Waals surface area contributed by atoms with Gasteiger partial charge in [0.25, 0.3) is 5.91 Å². The average Bonchev–Trinajstić information content (AvgIpc) is 3.19. The summed E-state index contributed by atoms with van der Waals surface area (Å²) in [4.78, 5) is 26.2. The Labute approximate surface area is 205 Å². The van der Waals surface area contributed by atoms with Crippen molar-refractivity contribution in [1.29, 1.82) is 0 Å². The highest BCUT2D eigenvalue weighted by atomic mass is 32.1. The van der Waals surface area contributed by atoms with Crippen LogP contribution in [0.5, 0.6) is 5.75 Å². The smallest absolute Gasteiger partial charge is 0.341 e. The van der Waals surface area contributed by atoms with Crippen LogP contribution in [0.1, 0.15) is 59.1 Å². The molecule has 4 rings (SSSR count). The third kappa shape index (κ3) is 5.02. The molecule has 1 atom stereocenters. The molecule has 1 aliphatic rings. The number of fused-ring (bicyclic) bond motifs is 1. The molecule has 1 amide bonds. The summed E-state index contributed by atoms with van der Waals surface area (Å²) >= 11 is 1.47. The van der Waals surface area contributed by atoms with Crippen molar-refractivity contribution in [1.82, 2.24) is 0 Å². The van der Waals surface area contributed by atoms with Gasteiger partial charge in [-0.15, -0.1) is 11.3 Å². The molecule has 1 unspecified atom stereocenters. The van der Waals surface area contributed by atoms with Gasteiger partial charge in [0.15, 0.2) is 6.61 Å². The van der Waals surface area contributed by atoms with E-state index in [1.807, 2.05) is 42.5 Å². The lowest BCUT2D eigenvalue weighted by Gasteiger charge is -2.26. The molecule has 2 aromatic carbocycles. The van der Waals surface area contributed by atoms with Gasteiger partial charge in [-0.3, -0.25) is 4.79 Å². The van der Waals surface area contributed by atoms with Crippen LogP contribution in [0.4, 0.5) is 5.00 Å². The molecule has 1 aliphatic carbocycles. The molecule has 0 spiro atoms. The fourth-order valence-corrected chi connectivity index (χ4v) is 5.87. The number of ether oxygens (including phenoxy) is 2. The molecule has 0 saturated heterocycles. The predicted octanol–water partition coefficient (Wildman–Crippen LogP) is 6.00. The average molecular weight is 478 g/mol. The van der Waals surface area contributed by atoms with E-state index in [1.54, 1.807) is 0 Å². The zero-order chi connectivity index (χ0) is 24.3. The van der Waals surface area contributed by atoms with E-state index < -0.39 is 5.97 Å². The quantitative estimate of drug-likeness (QED) is 0.424. The number of nitrogens with one attached hydrogen (secondary N) is 1. The Kier molecular flexibility index (Phi) is 7.08. The molecule has 178 valence electrons. The Morgan fingerprint density at radius 2 is 1.74 bits per heavy atom. The molecule has 34 heavy (non-hydrogen) atoms. The lowest BCUT2D eigenvalue weighted by molar-refractivity contribution is -0.118. The van der Waals surface area contributed by atoms with Gasteiger partial charge in [-0.05, 0) is 54.0 Å². The maximum Gasteiger partial charge on any atom is 0.341 e. The molecule has 1 aromatic heterocycles. The second-order valence-corrected chi connectivity index (χ2v) is 10.5. The van der Waals surface area contributed by atoms with Crippen molar-refractivity contribution in [2.75, 3.05) is 19.0 Å². The molecule has 1 heterocycles. The maximum atomic E-state index is 12.7. The Morgan fingerprint density at radius 1 is 1.06 bits per heavy atom. The van der Waals surface area contributed by atoms with Crippen molar-refractivity contribution >= 4 is 28.2 Å². The molecular formula is C28H31NO4S. The number of esters is 1. The van der Waals surface area contributed by atoms with E-state index in [0.29, 0.717) is 22.2 Å². The number of benzene rings is 2. The highest BCUT2D eigenvalue weighted by molar-refractivity contribution is 7.17. The molecule has 6 heteroatoms. The monoisotopic (exact) mass is 477 g/mol. The van der Waals surface area contributed by atoms with E-state index in [9.17, 15) is 9.59 Å². The summed E-state index contributed by atoms with van der Waals surface area (Å²) in [6.07, 6.45) is 2.78. The molecule has 0 bridgehead atoms. The first kappa shape index (κ1) is 24.0. The van der Waals surface area contributed by atoms with Crippen molar-refractivity contribution in [2.24, 2.45) is 5.92 Å². The molecule has 0 fully saturated rings. The SMILES string of the molecule is COC(=O)c1c(NC(=O)COc2ccc(C(C)(C)c3ccccc3)cc2)sc2c1CCC(C)C2. The number of rotatable bonds is 7. The summed E-state index contributed by atoms with van der Waals surface area (Å²) in [6, 6.07) is 18.2. The Hall–Kier alpha value is -3.12. The summed E-state index contributed by atoms with van der Waals surface area (Å²) in [5.41, 5.74) is 3.77. The molecule has 0 radical (unpaired) electrons. The van der Waals surface area contributed by atoms with Gasteiger partial charge in [-0.2, -0.15) is 0 Å². The van der Waals surface area contributed by atoms with E-state index in [1.165, 1.54) is 24.0 Å². The summed E-state index contributed by atoms with van der Waals surface area (Å²) in [5.74, 6) is 0.485. The van der Waals surface area contributed by atoms with E-state index in [4.69, 9.17) is 9.47 Å². The Balaban J connectivity index is 1.42. The molecule has 0 aliphatic heterocycles. The number of carbonyl (C=O) groups is 2. The molecule has 5 nitrogen and oxygen atoms in total. The van der Waals surface area contributed by atoms with Crippen molar-refractivity contribution in [3.8, 4) is 5.75 Å². The first-order chi connectivity index (χ1) is 16.3. The maximum absolute atomic E-state index is 12.7. The van der Waals surface area contributed by atoms with Crippen LogP contribution in [0.3, 0.4) is 0 Å². The van der Waals surface area contributed by atoms with Gasteiger partial charge in [-0.1, -0.05) is 63.2 Å². The normalized spacial score (nSPS) is 15.4. The lowest BCUT2D eigenvalue weighted by atomic mass is 9.78. The Bertz CT molecular complexity index is 1170. The summed E-state index contributed by atoms with van der Waals surface area (Å²) < 4.78 is 10.7. The van der Waals surface area contributed by atoms with Gasteiger partial charge >= 0.3 is 5.97 Å². The fraction of sp³-hybridized carbons (Fsp3) is 0.357. The fourth-order valence-electron chi connectivity index (χ4n) is 4.46. The number of methoxy groups -OCH3 is 1. The summed E-state index contributed by atoms with van der Waals surface area (Å²) in [6.45, 7) is 6.44. The number of thiophene rings is 1. The van der Waals surface area contributed by atoms with Crippen LogP contribution in [0.15, 0.2) is 54.6 Å². The van der Waals surface area contributed by atoms with Gasteiger partial charge in [0.2, 0.25) is 0 Å².